The third kappa shape index (κ3) is 5.33. The Morgan fingerprint density at radius 1 is 1.24 bits per heavy atom. The predicted octanol–water partition coefficient (Wildman–Crippen LogP) is 2.58. The summed E-state index contributed by atoms with van der Waals surface area (Å²) < 4.78 is 11.1. The first-order valence-corrected chi connectivity index (χ1v) is 9.42. The van der Waals surface area contributed by atoms with Gasteiger partial charge >= 0.3 is 0 Å². The van der Waals surface area contributed by atoms with E-state index in [1.807, 2.05) is 12.1 Å². The first-order chi connectivity index (χ1) is 12.2. The third-order valence-electron chi connectivity index (χ3n) is 4.98. The van der Waals surface area contributed by atoms with Crippen molar-refractivity contribution in [1.82, 2.24) is 9.80 Å². The van der Waals surface area contributed by atoms with Gasteiger partial charge < -0.3 is 19.0 Å². The van der Waals surface area contributed by atoms with Crippen LogP contribution >= 0.6 is 0 Å². The predicted molar refractivity (Wildman–Crippen MR) is 92.8 cm³/mol. The van der Waals surface area contributed by atoms with E-state index in [0.717, 1.165) is 50.9 Å². The molecule has 0 aromatic carbocycles. The molecule has 138 valence electrons. The van der Waals surface area contributed by atoms with E-state index in [2.05, 4.69) is 0 Å². The molecule has 2 aliphatic rings. The molecular formula is C19H28N2O4. The molecule has 0 radical (unpaired) electrons. The van der Waals surface area contributed by atoms with Crippen LogP contribution in [0, 0.1) is 0 Å². The molecule has 0 bridgehead atoms. The quantitative estimate of drug-likeness (QED) is 0.793. The minimum absolute atomic E-state index is 0.0270. The van der Waals surface area contributed by atoms with Crippen molar-refractivity contribution in [3.05, 3.63) is 24.2 Å². The second kappa shape index (κ2) is 9.04. The summed E-state index contributed by atoms with van der Waals surface area (Å²) in [5, 5.41) is 0. The second-order valence-electron chi connectivity index (χ2n) is 6.97. The molecule has 0 aliphatic carbocycles. The van der Waals surface area contributed by atoms with Gasteiger partial charge in [0.2, 0.25) is 11.8 Å². The number of nitrogens with zero attached hydrogens (tertiary/aromatic N) is 2. The van der Waals surface area contributed by atoms with Gasteiger partial charge in [0.25, 0.3) is 0 Å². The van der Waals surface area contributed by atoms with Crippen LogP contribution in [0.5, 0.6) is 0 Å². The molecule has 0 unspecified atom stereocenters. The van der Waals surface area contributed by atoms with Crippen molar-refractivity contribution < 1.29 is 18.7 Å². The van der Waals surface area contributed by atoms with Crippen molar-refractivity contribution in [3.63, 3.8) is 0 Å². The van der Waals surface area contributed by atoms with Crippen molar-refractivity contribution in [1.29, 1.82) is 0 Å². The number of amides is 2. The van der Waals surface area contributed by atoms with Crippen LogP contribution < -0.4 is 0 Å². The van der Waals surface area contributed by atoms with Gasteiger partial charge in [0.05, 0.1) is 25.5 Å². The average molecular weight is 348 g/mol. The number of ether oxygens (including phenoxy) is 1. The lowest BCUT2D eigenvalue weighted by molar-refractivity contribution is -0.142. The summed E-state index contributed by atoms with van der Waals surface area (Å²) >= 11 is 0. The van der Waals surface area contributed by atoms with Crippen molar-refractivity contribution in [2.24, 2.45) is 0 Å². The van der Waals surface area contributed by atoms with E-state index in [1.165, 1.54) is 0 Å². The third-order valence-corrected chi connectivity index (χ3v) is 4.98. The van der Waals surface area contributed by atoms with Crippen LogP contribution in [-0.2, 0) is 20.9 Å². The monoisotopic (exact) mass is 348 g/mol. The number of likely N-dealkylation sites (tertiary alicyclic amines) is 1. The van der Waals surface area contributed by atoms with E-state index in [4.69, 9.17) is 9.15 Å². The van der Waals surface area contributed by atoms with E-state index in [0.29, 0.717) is 26.1 Å². The fourth-order valence-electron chi connectivity index (χ4n) is 3.53. The second-order valence-corrected chi connectivity index (χ2v) is 6.97. The number of hydrogen-bond acceptors (Lipinski definition) is 4. The van der Waals surface area contributed by atoms with Crippen molar-refractivity contribution in [3.8, 4) is 0 Å². The summed E-state index contributed by atoms with van der Waals surface area (Å²) in [5.74, 6) is 0.828. The Balaban J connectivity index is 1.63. The zero-order valence-corrected chi connectivity index (χ0v) is 14.8. The van der Waals surface area contributed by atoms with Gasteiger partial charge in [-0.3, -0.25) is 9.59 Å². The zero-order valence-electron chi connectivity index (χ0n) is 14.8. The smallest absolute Gasteiger partial charge is 0.242 e. The molecular weight excluding hydrogens is 320 g/mol. The Hall–Kier alpha value is -1.82. The maximum Gasteiger partial charge on any atom is 0.242 e. The summed E-state index contributed by atoms with van der Waals surface area (Å²) in [5.41, 5.74) is 0. The summed E-state index contributed by atoms with van der Waals surface area (Å²) in [4.78, 5) is 28.7. The van der Waals surface area contributed by atoms with Gasteiger partial charge in [0.15, 0.2) is 0 Å². The lowest BCUT2D eigenvalue weighted by Crippen LogP contribution is -2.45. The van der Waals surface area contributed by atoms with Gasteiger partial charge in [-0.2, -0.15) is 0 Å². The molecule has 2 fully saturated rings. The molecule has 2 aliphatic heterocycles. The highest BCUT2D eigenvalue weighted by Crippen LogP contribution is 2.17. The lowest BCUT2D eigenvalue weighted by atomic mass is 10.1. The molecule has 0 N–H and O–H groups in total. The maximum atomic E-state index is 12.9. The largest absolute Gasteiger partial charge is 0.467 e. The topological polar surface area (TPSA) is 63.0 Å². The fourth-order valence-corrected chi connectivity index (χ4v) is 3.53. The van der Waals surface area contributed by atoms with Crippen LogP contribution in [-0.4, -0.2) is 54.0 Å². The van der Waals surface area contributed by atoms with Gasteiger partial charge in [-0.15, -0.1) is 0 Å². The molecule has 6 heteroatoms. The van der Waals surface area contributed by atoms with Crippen LogP contribution in [0.1, 0.15) is 50.7 Å². The highest BCUT2D eigenvalue weighted by Gasteiger charge is 2.26. The van der Waals surface area contributed by atoms with Gasteiger partial charge in [-0.05, 0) is 37.8 Å². The molecule has 3 heterocycles. The van der Waals surface area contributed by atoms with E-state index in [1.54, 1.807) is 16.1 Å². The molecule has 0 spiro atoms. The molecule has 0 saturated carbocycles. The first kappa shape index (κ1) is 18.0. The maximum absolute atomic E-state index is 12.9. The number of rotatable bonds is 6. The Labute approximate surface area is 149 Å². The normalized spacial score (nSPS) is 21.8. The van der Waals surface area contributed by atoms with Crippen LogP contribution in [0.15, 0.2) is 22.8 Å². The van der Waals surface area contributed by atoms with Gasteiger partial charge in [0.1, 0.15) is 5.76 Å². The van der Waals surface area contributed by atoms with E-state index in [9.17, 15) is 9.59 Å². The molecule has 1 aromatic rings. The Bertz CT molecular complexity index is 552. The summed E-state index contributed by atoms with van der Waals surface area (Å²) in [6.07, 6.45) is 8.41. The fraction of sp³-hybridized carbons (Fsp3) is 0.684. The average Bonchev–Trinajstić information content (AvgIpc) is 3.28. The van der Waals surface area contributed by atoms with Crippen molar-refractivity contribution in [2.45, 2.75) is 57.6 Å². The molecule has 2 amide bonds. The molecule has 3 rings (SSSR count). The van der Waals surface area contributed by atoms with Crippen LogP contribution in [0.4, 0.5) is 0 Å². The molecule has 6 nitrogen and oxygen atoms in total. The SMILES string of the molecule is O=C1CCCCCCN1CC(=O)N(Cc1ccco1)C[C@H]1CCCO1. The Kier molecular flexibility index (Phi) is 6.50. The summed E-state index contributed by atoms with van der Waals surface area (Å²) in [6.45, 7) is 2.58. The summed E-state index contributed by atoms with van der Waals surface area (Å²) in [6, 6.07) is 3.70. The van der Waals surface area contributed by atoms with Gasteiger partial charge in [-0.1, -0.05) is 12.8 Å². The molecule has 25 heavy (non-hydrogen) atoms. The van der Waals surface area contributed by atoms with E-state index >= 15 is 0 Å². The summed E-state index contributed by atoms with van der Waals surface area (Å²) in [7, 11) is 0. The van der Waals surface area contributed by atoms with E-state index in [-0.39, 0.29) is 24.5 Å². The lowest BCUT2D eigenvalue weighted by Gasteiger charge is -2.29. The van der Waals surface area contributed by atoms with Crippen molar-refractivity contribution in [2.75, 3.05) is 26.2 Å². The Morgan fingerprint density at radius 3 is 2.88 bits per heavy atom. The standard InChI is InChI=1S/C19H28N2O4/c22-18-9-3-1-2-4-10-20(18)15-19(23)21(13-16-7-5-11-24-16)14-17-8-6-12-25-17/h5,7,11,17H,1-4,6,8-10,12-15H2/t17-/m1/s1. The zero-order chi connectivity index (χ0) is 17.5. The molecule has 1 atom stereocenters. The molecule has 2 saturated heterocycles. The number of carbonyl (C=O) groups excluding carboxylic acids is 2. The Morgan fingerprint density at radius 2 is 2.12 bits per heavy atom. The number of carbonyl (C=O) groups is 2. The van der Waals surface area contributed by atoms with Gasteiger partial charge in [0, 0.05) is 26.1 Å². The highest BCUT2D eigenvalue weighted by atomic mass is 16.5. The highest BCUT2D eigenvalue weighted by molar-refractivity contribution is 5.84. The number of hydrogen-bond donors (Lipinski definition) is 0. The van der Waals surface area contributed by atoms with Crippen LogP contribution in [0.25, 0.3) is 0 Å². The van der Waals surface area contributed by atoms with Crippen molar-refractivity contribution >= 4 is 11.8 Å². The minimum atomic E-state index is -0.0270. The molecule has 1 aromatic heterocycles. The minimum Gasteiger partial charge on any atom is -0.467 e. The van der Waals surface area contributed by atoms with Gasteiger partial charge in [-0.25, -0.2) is 0 Å². The number of furan rings is 1. The van der Waals surface area contributed by atoms with Crippen LogP contribution in [0.3, 0.4) is 0 Å². The van der Waals surface area contributed by atoms with Crippen LogP contribution in [0.2, 0.25) is 0 Å². The first-order valence-electron chi connectivity index (χ1n) is 9.42. The van der Waals surface area contributed by atoms with E-state index < -0.39 is 0 Å².